The Labute approximate surface area is 85.2 Å². The van der Waals surface area contributed by atoms with E-state index in [9.17, 15) is 0 Å². The fourth-order valence-electron chi connectivity index (χ4n) is 0. The van der Waals surface area contributed by atoms with Crippen LogP contribution in [0.1, 0.15) is 0 Å². The summed E-state index contributed by atoms with van der Waals surface area (Å²) in [5, 5.41) is 0. The van der Waals surface area contributed by atoms with Gasteiger partial charge < -0.3 is 38.5 Å². The summed E-state index contributed by atoms with van der Waals surface area (Å²) in [6.45, 7) is 0. The van der Waals surface area contributed by atoms with Crippen molar-refractivity contribution in [3.05, 3.63) is 0 Å². The number of halogens is 1. The van der Waals surface area contributed by atoms with E-state index in [1.54, 1.807) is 0 Å². The van der Waals surface area contributed by atoms with Crippen molar-refractivity contribution in [3.63, 3.8) is 0 Å². The van der Waals surface area contributed by atoms with Gasteiger partial charge in [-0.15, -0.1) is 0 Å². The molecule has 0 aliphatic rings. The summed E-state index contributed by atoms with van der Waals surface area (Å²) in [7, 11) is -10.8. The molecule has 0 aromatic carbocycles. The zero-order valence-corrected chi connectivity index (χ0v) is 8.67. The molecule has 0 amide bonds. The van der Waals surface area contributed by atoms with E-state index in [-0.39, 0.29) is 30.5 Å². The quantitative estimate of drug-likeness (QED) is 0.300. The monoisotopic (exact) mass is 248 g/mol. The van der Waals surface area contributed by atoms with Crippen molar-refractivity contribution < 1.29 is 43.2 Å². The minimum Gasteiger partial charge on any atom is -0.822 e. The van der Waals surface area contributed by atoms with Gasteiger partial charge in [0.25, 0.3) is 0 Å². The molecule has 0 aliphatic heterocycles. The molecular weight excluding hydrogens is 247 g/mol. The summed E-state index contributed by atoms with van der Waals surface area (Å²) in [5.74, 6) is 0. The van der Waals surface area contributed by atoms with Crippen LogP contribution in [0.15, 0.2) is 0 Å². The number of hydrogen-bond donors (Lipinski definition) is 0. The molecule has 0 heterocycles. The van der Waals surface area contributed by atoms with Crippen LogP contribution in [-0.4, -0.2) is 25.8 Å². The van der Waals surface area contributed by atoms with Gasteiger partial charge in [-0.25, -0.2) is 0 Å². The van der Waals surface area contributed by atoms with Gasteiger partial charge in [0.15, 0.2) is 0 Å². The van der Waals surface area contributed by atoms with Gasteiger partial charge in [-0.05, 0) is 0 Å². The molecule has 0 spiro atoms. The Morgan fingerprint density at radius 1 is 0.692 bits per heavy atom. The van der Waals surface area contributed by atoms with Gasteiger partial charge in [0.05, 0.1) is 0 Å². The summed E-state index contributed by atoms with van der Waals surface area (Å²) < 4.78 is 17.1. The van der Waals surface area contributed by atoms with E-state index in [2.05, 4.69) is 0 Å². The maximum Gasteiger partial charge on any atom is 3.00 e. The van der Waals surface area contributed by atoms with Crippen molar-refractivity contribution in [3.8, 4) is 0 Å². The van der Waals surface area contributed by atoms with Crippen molar-refractivity contribution in [1.29, 1.82) is 0 Å². The van der Waals surface area contributed by atoms with Gasteiger partial charge in [0, 0.05) is 0 Å². The molecule has 0 aromatic rings. The minimum atomic E-state index is -5.39. The van der Waals surface area contributed by atoms with Crippen LogP contribution in [-0.2, 0) is 9.13 Å². The van der Waals surface area contributed by atoms with Gasteiger partial charge in [-0.2, -0.15) is 15.6 Å². The van der Waals surface area contributed by atoms with Crippen molar-refractivity contribution in [2.45, 2.75) is 0 Å². The normalized spacial score (nSPS) is 9.08. The van der Waals surface area contributed by atoms with Gasteiger partial charge in [-0.3, -0.25) is 4.70 Å². The van der Waals surface area contributed by atoms with Crippen LogP contribution < -0.4 is 29.4 Å². The Balaban J connectivity index is -0.0000000267. The predicted octanol–water partition coefficient (Wildman–Crippen LogP) is -6.26. The van der Waals surface area contributed by atoms with Gasteiger partial charge in [0.1, 0.15) is 0 Å². The molecule has 0 saturated carbocycles. The van der Waals surface area contributed by atoms with E-state index in [1.165, 1.54) is 0 Å². The van der Waals surface area contributed by atoms with Crippen LogP contribution in [0.4, 0.5) is 4.70 Å². The van der Waals surface area contributed by atoms with Crippen LogP contribution >= 0.6 is 15.6 Å². The zero-order valence-electron chi connectivity index (χ0n) is 5.72. The van der Waals surface area contributed by atoms with Crippen molar-refractivity contribution in [2.75, 3.05) is 0 Å². The molecular formula is HAlBFO8P2. The molecule has 8 nitrogen and oxygen atoms in total. The largest absolute Gasteiger partial charge is 3.00 e. The van der Waals surface area contributed by atoms with Crippen LogP contribution in [0, 0.1) is 0 Å². The Morgan fingerprint density at radius 2 is 0.692 bits per heavy atom. The average molecular weight is 248 g/mol. The van der Waals surface area contributed by atoms with Crippen LogP contribution in [0.25, 0.3) is 0 Å². The van der Waals surface area contributed by atoms with Crippen LogP contribution in [0.3, 0.4) is 0 Å². The first-order chi connectivity index (χ1) is 4.00. The Kier molecular flexibility index (Phi) is 24.3. The van der Waals surface area contributed by atoms with E-state index < -0.39 is 15.6 Å². The minimum absolute atomic E-state index is 0. The molecule has 0 fully saturated rings. The first-order valence-electron chi connectivity index (χ1n) is 1.46. The summed E-state index contributed by atoms with van der Waals surface area (Å²) in [5.41, 5.74) is 0. The SMILES string of the molecule is F.O=P([O-])([O-])[O-].O=P([O-])([O-])[O-].[Al+3].[B+3]. The molecule has 13 heteroatoms. The molecule has 0 N–H and O–H groups in total. The third kappa shape index (κ3) is 2640. The number of phosphoric acid groups is 2. The third-order valence-electron chi connectivity index (χ3n) is 0. The zero-order chi connectivity index (χ0) is 9.00. The predicted molar refractivity (Wildman–Crippen MR) is 29.2 cm³/mol. The summed E-state index contributed by atoms with van der Waals surface area (Å²) in [6.07, 6.45) is 0. The fraction of sp³-hybridized carbons (Fsp3) is 0. The van der Waals surface area contributed by atoms with Crippen molar-refractivity contribution in [1.82, 2.24) is 0 Å². The Bertz CT molecular complexity index is 134. The summed E-state index contributed by atoms with van der Waals surface area (Å²) in [4.78, 5) is 51.3. The first kappa shape index (κ1) is 29.2. The van der Waals surface area contributed by atoms with Gasteiger partial charge in [-0.1, -0.05) is 0 Å². The molecule has 72 valence electrons. The molecule has 0 radical (unpaired) electrons. The number of rotatable bonds is 0. The standard InChI is InChI=1S/Al.B.FH.2H3O4P/c;;;2*1-5(2,3)4/h;;1H;2*(H3,1,2,3,4)/q2*+3;;;/p-6. The van der Waals surface area contributed by atoms with E-state index in [4.69, 9.17) is 38.5 Å². The Hall–Kier alpha value is 0.747. The Morgan fingerprint density at radius 3 is 0.692 bits per heavy atom. The molecule has 0 bridgehead atoms. The molecule has 0 atom stereocenters. The third-order valence-corrected chi connectivity index (χ3v) is 0. The van der Waals surface area contributed by atoms with Crippen molar-refractivity contribution >= 4 is 41.4 Å². The molecule has 0 unspecified atom stereocenters. The van der Waals surface area contributed by atoms with Crippen LogP contribution in [0.2, 0.25) is 0 Å². The van der Waals surface area contributed by atoms with E-state index >= 15 is 0 Å². The average Bonchev–Trinajstić information content (AvgIpc) is 1.12. The van der Waals surface area contributed by atoms with Gasteiger partial charge >= 0.3 is 25.8 Å². The second kappa shape index (κ2) is 10.8. The molecule has 0 rings (SSSR count). The van der Waals surface area contributed by atoms with E-state index in [0.29, 0.717) is 0 Å². The first-order valence-corrected chi connectivity index (χ1v) is 4.38. The second-order valence-electron chi connectivity index (χ2n) is 0.894. The smallest absolute Gasteiger partial charge is 0.822 e. The summed E-state index contributed by atoms with van der Waals surface area (Å²) >= 11 is 0. The summed E-state index contributed by atoms with van der Waals surface area (Å²) in [6, 6.07) is 0. The van der Waals surface area contributed by atoms with Crippen molar-refractivity contribution in [2.24, 2.45) is 0 Å². The maximum absolute atomic E-state index is 8.55. The molecule has 0 aromatic heterocycles. The maximum atomic E-state index is 8.55. The molecule has 0 aliphatic carbocycles. The second-order valence-corrected chi connectivity index (χ2v) is 2.68. The van der Waals surface area contributed by atoms with Crippen LogP contribution in [0.5, 0.6) is 0 Å². The molecule has 0 saturated heterocycles. The molecule has 13 heavy (non-hydrogen) atoms. The van der Waals surface area contributed by atoms with E-state index in [1.807, 2.05) is 0 Å². The van der Waals surface area contributed by atoms with E-state index in [0.717, 1.165) is 0 Å². The topological polar surface area (TPSA) is 172 Å². The van der Waals surface area contributed by atoms with Gasteiger partial charge in [0.2, 0.25) is 0 Å². The number of hydrogen-bond acceptors (Lipinski definition) is 8. The fourth-order valence-corrected chi connectivity index (χ4v) is 0.